The van der Waals surface area contributed by atoms with Gasteiger partial charge in [-0.05, 0) is 25.1 Å². The molecule has 2 aromatic carbocycles. The summed E-state index contributed by atoms with van der Waals surface area (Å²) in [5, 5.41) is 8.83. The smallest absolute Gasteiger partial charge is 0.339 e. The third kappa shape index (κ3) is 3.82. The zero-order chi connectivity index (χ0) is 15.5. The molecule has 0 spiro atoms. The lowest BCUT2D eigenvalue weighted by Crippen LogP contribution is -2.12. The van der Waals surface area contributed by atoms with Crippen LogP contribution in [-0.4, -0.2) is 19.5 Å². The van der Waals surface area contributed by atoms with Crippen LogP contribution in [-0.2, 0) is 21.3 Å². The lowest BCUT2D eigenvalue weighted by molar-refractivity contribution is -0.136. The van der Waals surface area contributed by atoms with Crippen LogP contribution in [0.3, 0.4) is 0 Å². The summed E-state index contributed by atoms with van der Waals surface area (Å²) in [6, 6.07) is 12.4. The van der Waals surface area contributed by atoms with E-state index in [1.165, 1.54) is 24.3 Å². The maximum Gasteiger partial charge on any atom is 0.339 e. The quantitative estimate of drug-likeness (QED) is 0.858. The molecule has 0 amide bonds. The molecule has 0 fully saturated rings. The summed E-state index contributed by atoms with van der Waals surface area (Å²) < 4.78 is 29.4. The van der Waals surface area contributed by atoms with Crippen molar-refractivity contribution in [3.05, 3.63) is 59.7 Å². The van der Waals surface area contributed by atoms with Crippen LogP contribution in [0.4, 0.5) is 0 Å². The average Bonchev–Trinajstić information content (AvgIpc) is 2.40. The third-order valence-corrected chi connectivity index (χ3v) is 4.07. The molecule has 6 heteroatoms. The van der Waals surface area contributed by atoms with E-state index in [2.05, 4.69) is 0 Å². The number of para-hydroxylation sites is 1. The van der Waals surface area contributed by atoms with Gasteiger partial charge in [0.1, 0.15) is 10.6 Å². The Morgan fingerprint density at radius 3 is 2.33 bits per heavy atom. The second-order valence-electron chi connectivity index (χ2n) is 4.53. The molecule has 5 nitrogen and oxygen atoms in total. The van der Waals surface area contributed by atoms with Crippen LogP contribution < -0.4 is 4.18 Å². The number of aryl methyl sites for hydroxylation is 1. The molecular weight excluding hydrogens is 292 g/mol. The SMILES string of the molecule is Cc1ccc(S(=O)(=O)Oc2ccccc2CC(=O)O)cc1. The molecular formula is C15H14O5S. The molecule has 110 valence electrons. The van der Waals surface area contributed by atoms with E-state index in [1.807, 2.05) is 6.92 Å². The normalized spacial score (nSPS) is 11.1. The monoisotopic (exact) mass is 306 g/mol. The Hall–Kier alpha value is -2.34. The molecule has 0 saturated heterocycles. The largest absolute Gasteiger partial charge is 0.481 e. The number of carboxylic acid groups (broad SMARTS) is 1. The Kier molecular flexibility index (Phi) is 4.28. The van der Waals surface area contributed by atoms with Crippen molar-refractivity contribution < 1.29 is 22.5 Å². The molecule has 0 aromatic heterocycles. The highest BCUT2D eigenvalue weighted by molar-refractivity contribution is 7.87. The number of carboxylic acids is 1. The Bertz CT molecular complexity index is 748. The number of hydrogen-bond acceptors (Lipinski definition) is 4. The van der Waals surface area contributed by atoms with Crippen LogP contribution in [0.2, 0.25) is 0 Å². The van der Waals surface area contributed by atoms with E-state index in [1.54, 1.807) is 24.3 Å². The van der Waals surface area contributed by atoms with Crippen molar-refractivity contribution in [3.8, 4) is 5.75 Å². The van der Waals surface area contributed by atoms with Crippen molar-refractivity contribution in [3.63, 3.8) is 0 Å². The fraction of sp³-hybridized carbons (Fsp3) is 0.133. The molecule has 0 unspecified atom stereocenters. The first kappa shape index (κ1) is 15.1. The molecule has 21 heavy (non-hydrogen) atoms. The summed E-state index contributed by atoms with van der Waals surface area (Å²) in [5.74, 6) is -1.03. The zero-order valence-electron chi connectivity index (χ0n) is 11.3. The van der Waals surface area contributed by atoms with Crippen molar-refractivity contribution in [2.24, 2.45) is 0 Å². The highest BCUT2D eigenvalue weighted by atomic mass is 32.2. The average molecular weight is 306 g/mol. The first-order chi connectivity index (χ1) is 9.88. The number of carbonyl (C=O) groups is 1. The second kappa shape index (κ2) is 5.97. The summed E-state index contributed by atoms with van der Waals surface area (Å²) in [6.45, 7) is 1.85. The molecule has 0 aliphatic rings. The van der Waals surface area contributed by atoms with Gasteiger partial charge in [0, 0.05) is 5.56 Å². The van der Waals surface area contributed by atoms with E-state index in [9.17, 15) is 13.2 Å². The standard InChI is InChI=1S/C15H14O5S/c1-11-6-8-13(9-7-11)21(18,19)20-14-5-3-2-4-12(14)10-15(16)17/h2-9H,10H2,1H3,(H,16,17). The van der Waals surface area contributed by atoms with E-state index in [-0.39, 0.29) is 17.1 Å². The minimum absolute atomic E-state index is 0.0261. The van der Waals surface area contributed by atoms with Gasteiger partial charge in [-0.2, -0.15) is 8.42 Å². The van der Waals surface area contributed by atoms with E-state index < -0.39 is 16.1 Å². The molecule has 2 aromatic rings. The van der Waals surface area contributed by atoms with Crippen molar-refractivity contribution in [1.82, 2.24) is 0 Å². The third-order valence-electron chi connectivity index (χ3n) is 2.82. The Balaban J connectivity index is 2.33. The van der Waals surface area contributed by atoms with Crippen LogP contribution in [0, 0.1) is 6.92 Å². The predicted molar refractivity (Wildman–Crippen MR) is 76.8 cm³/mol. The van der Waals surface area contributed by atoms with E-state index in [0.29, 0.717) is 5.56 Å². The van der Waals surface area contributed by atoms with Gasteiger partial charge in [-0.3, -0.25) is 4.79 Å². The molecule has 0 saturated carbocycles. The topological polar surface area (TPSA) is 80.7 Å². The van der Waals surface area contributed by atoms with Crippen molar-refractivity contribution in [1.29, 1.82) is 0 Å². The van der Waals surface area contributed by atoms with Gasteiger partial charge in [0.15, 0.2) is 0 Å². The molecule has 0 radical (unpaired) electrons. The first-order valence-corrected chi connectivity index (χ1v) is 7.60. The molecule has 0 aliphatic heterocycles. The predicted octanol–water partition coefficient (Wildman–Crippen LogP) is 2.39. The summed E-state index contributed by atoms with van der Waals surface area (Å²) >= 11 is 0. The number of hydrogen-bond donors (Lipinski definition) is 1. The number of rotatable bonds is 5. The molecule has 0 aliphatic carbocycles. The minimum atomic E-state index is -3.98. The highest BCUT2D eigenvalue weighted by Crippen LogP contribution is 2.23. The lowest BCUT2D eigenvalue weighted by atomic mass is 10.1. The van der Waals surface area contributed by atoms with Crippen molar-refractivity contribution >= 4 is 16.1 Å². The second-order valence-corrected chi connectivity index (χ2v) is 6.08. The fourth-order valence-electron chi connectivity index (χ4n) is 1.77. The van der Waals surface area contributed by atoms with Crippen LogP contribution in [0.25, 0.3) is 0 Å². The molecule has 0 heterocycles. The Morgan fingerprint density at radius 1 is 1.10 bits per heavy atom. The van der Waals surface area contributed by atoms with Crippen LogP contribution >= 0.6 is 0 Å². The van der Waals surface area contributed by atoms with Crippen molar-refractivity contribution in [2.45, 2.75) is 18.2 Å². The summed E-state index contributed by atoms with van der Waals surface area (Å²) in [4.78, 5) is 10.8. The Labute approximate surface area is 122 Å². The van der Waals surface area contributed by atoms with Gasteiger partial charge in [-0.15, -0.1) is 0 Å². The summed E-state index contributed by atoms with van der Waals surface area (Å²) in [7, 11) is -3.98. The van der Waals surface area contributed by atoms with E-state index in [0.717, 1.165) is 5.56 Å². The molecule has 1 N–H and O–H groups in total. The van der Waals surface area contributed by atoms with Crippen LogP contribution in [0.5, 0.6) is 5.75 Å². The van der Waals surface area contributed by atoms with Crippen molar-refractivity contribution in [2.75, 3.05) is 0 Å². The number of benzene rings is 2. The van der Waals surface area contributed by atoms with Gasteiger partial charge in [0.2, 0.25) is 0 Å². The van der Waals surface area contributed by atoms with Gasteiger partial charge in [-0.25, -0.2) is 0 Å². The van der Waals surface area contributed by atoms with E-state index >= 15 is 0 Å². The van der Waals surface area contributed by atoms with Crippen LogP contribution in [0.1, 0.15) is 11.1 Å². The van der Waals surface area contributed by atoms with Gasteiger partial charge >= 0.3 is 16.1 Å². The molecule has 2 rings (SSSR count). The minimum Gasteiger partial charge on any atom is -0.481 e. The molecule has 0 atom stereocenters. The van der Waals surface area contributed by atoms with Gasteiger partial charge in [-0.1, -0.05) is 35.9 Å². The molecule has 0 bridgehead atoms. The Morgan fingerprint density at radius 2 is 1.71 bits per heavy atom. The maximum atomic E-state index is 12.2. The highest BCUT2D eigenvalue weighted by Gasteiger charge is 2.18. The summed E-state index contributed by atoms with van der Waals surface area (Å²) in [5.41, 5.74) is 1.24. The first-order valence-electron chi connectivity index (χ1n) is 6.19. The van der Waals surface area contributed by atoms with Crippen LogP contribution in [0.15, 0.2) is 53.4 Å². The fourth-order valence-corrected chi connectivity index (χ4v) is 2.73. The van der Waals surface area contributed by atoms with Gasteiger partial charge < -0.3 is 9.29 Å². The van der Waals surface area contributed by atoms with Gasteiger partial charge in [0.25, 0.3) is 0 Å². The zero-order valence-corrected chi connectivity index (χ0v) is 12.1. The number of aliphatic carboxylic acids is 1. The van der Waals surface area contributed by atoms with Gasteiger partial charge in [0.05, 0.1) is 6.42 Å². The van der Waals surface area contributed by atoms with E-state index in [4.69, 9.17) is 9.29 Å². The summed E-state index contributed by atoms with van der Waals surface area (Å²) in [6.07, 6.45) is -0.306. The lowest BCUT2D eigenvalue weighted by Gasteiger charge is -2.10. The maximum absolute atomic E-state index is 12.2.